The first kappa shape index (κ1) is 20.9. The molecular weight excluding hydrogens is 364 g/mol. The van der Waals surface area contributed by atoms with Crippen molar-refractivity contribution in [3.05, 3.63) is 65.2 Å². The highest BCUT2D eigenvalue weighted by Crippen LogP contribution is 2.37. The molecule has 2 aromatic carbocycles. The molecule has 2 aromatic rings. The zero-order valence-corrected chi connectivity index (χ0v) is 17.7. The number of amides is 2. The molecule has 0 saturated heterocycles. The summed E-state index contributed by atoms with van der Waals surface area (Å²) in [5.74, 6) is 0.748. The fourth-order valence-electron chi connectivity index (χ4n) is 3.85. The van der Waals surface area contributed by atoms with Crippen LogP contribution in [-0.4, -0.2) is 47.9 Å². The van der Waals surface area contributed by atoms with E-state index in [1.807, 2.05) is 49.1 Å². The average molecular weight is 395 g/mol. The quantitative estimate of drug-likeness (QED) is 0.748. The van der Waals surface area contributed by atoms with Crippen molar-refractivity contribution in [2.24, 2.45) is 0 Å². The summed E-state index contributed by atoms with van der Waals surface area (Å²) < 4.78 is 5.98. The van der Waals surface area contributed by atoms with Crippen molar-refractivity contribution in [2.45, 2.75) is 45.8 Å². The molecule has 0 spiro atoms. The van der Waals surface area contributed by atoms with Gasteiger partial charge in [0.1, 0.15) is 5.75 Å². The highest BCUT2D eigenvalue weighted by Gasteiger charge is 2.32. The van der Waals surface area contributed by atoms with Crippen LogP contribution < -0.4 is 4.74 Å². The first-order chi connectivity index (χ1) is 14.0. The van der Waals surface area contributed by atoms with Crippen LogP contribution in [0.5, 0.6) is 5.75 Å². The first-order valence-corrected chi connectivity index (χ1v) is 10.3. The van der Waals surface area contributed by atoms with Gasteiger partial charge in [0.2, 0.25) is 5.91 Å². The molecule has 1 heterocycles. The molecule has 2 unspecified atom stereocenters. The fourth-order valence-corrected chi connectivity index (χ4v) is 3.85. The zero-order chi connectivity index (χ0) is 21.0. The van der Waals surface area contributed by atoms with E-state index >= 15 is 0 Å². The summed E-state index contributed by atoms with van der Waals surface area (Å²) in [6, 6.07) is 16.0. The van der Waals surface area contributed by atoms with Crippen LogP contribution in [0.1, 0.15) is 49.9 Å². The lowest BCUT2D eigenvalue weighted by Crippen LogP contribution is -2.40. The minimum absolute atomic E-state index is 0.0485. The Morgan fingerprint density at radius 3 is 2.55 bits per heavy atom. The molecule has 1 aliphatic heterocycles. The molecule has 5 nitrogen and oxygen atoms in total. The molecule has 0 saturated carbocycles. The van der Waals surface area contributed by atoms with Crippen molar-refractivity contribution < 1.29 is 14.3 Å². The average Bonchev–Trinajstić information content (AvgIpc) is 2.77. The van der Waals surface area contributed by atoms with E-state index in [1.165, 1.54) is 5.56 Å². The number of hydrogen-bond acceptors (Lipinski definition) is 3. The van der Waals surface area contributed by atoms with E-state index in [1.54, 1.807) is 18.9 Å². The molecule has 0 aromatic heterocycles. The molecule has 0 aliphatic carbocycles. The Morgan fingerprint density at radius 2 is 1.90 bits per heavy atom. The van der Waals surface area contributed by atoms with Gasteiger partial charge in [0.05, 0.1) is 6.04 Å². The van der Waals surface area contributed by atoms with Crippen molar-refractivity contribution in [1.82, 2.24) is 9.80 Å². The van der Waals surface area contributed by atoms with Gasteiger partial charge < -0.3 is 14.5 Å². The van der Waals surface area contributed by atoms with Crippen LogP contribution in [0, 0.1) is 0 Å². The number of nitrogens with zero attached hydrogens (tertiary/aromatic N) is 2. The van der Waals surface area contributed by atoms with Crippen molar-refractivity contribution in [3.8, 4) is 5.75 Å². The Labute approximate surface area is 173 Å². The SMILES string of the molecule is CCC(=O)N1CCc2ccc(OC(C)C(=O)N(C)CC)cc2C1c1ccccc1. The molecule has 0 N–H and O–H groups in total. The molecule has 2 amide bonds. The van der Waals surface area contributed by atoms with Gasteiger partial charge in [0.15, 0.2) is 6.10 Å². The number of benzene rings is 2. The van der Waals surface area contributed by atoms with E-state index in [2.05, 4.69) is 18.2 Å². The number of rotatable bonds is 6. The molecule has 1 aliphatic rings. The summed E-state index contributed by atoms with van der Waals surface area (Å²) in [5.41, 5.74) is 3.38. The second kappa shape index (κ2) is 9.12. The summed E-state index contributed by atoms with van der Waals surface area (Å²) in [5, 5.41) is 0. The Balaban J connectivity index is 1.96. The number of likely N-dealkylation sites (N-methyl/N-ethyl adjacent to an activating group) is 1. The van der Waals surface area contributed by atoms with Crippen LogP contribution in [0.15, 0.2) is 48.5 Å². The Morgan fingerprint density at radius 1 is 1.17 bits per heavy atom. The number of carbonyl (C=O) groups excluding carboxylic acids is 2. The zero-order valence-electron chi connectivity index (χ0n) is 17.7. The molecule has 2 atom stereocenters. The molecular formula is C24H30N2O3. The van der Waals surface area contributed by atoms with Crippen LogP contribution in [0.2, 0.25) is 0 Å². The van der Waals surface area contributed by atoms with Gasteiger partial charge in [-0.25, -0.2) is 0 Å². The van der Waals surface area contributed by atoms with E-state index in [0.29, 0.717) is 25.3 Å². The van der Waals surface area contributed by atoms with Crippen LogP contribution >= 0.6 is 0 Å². The molecule has 5 heteroatoms. The third-order valence-corrected chi connectivity index (χ3v) is 5.59. The highest BCUT2D eigenvalue weighted by atomic mass is 16.5. The molecule has 0 fully saturated rings. The monoisotopic (exact) mass is 394 g/mol. The van der Waals surface area contributed by atoms with Crippen LogP contribution in [0.4, 0.5) is 0 Å². The number of hydrogen-bond donors (Lipinski definition) is 0. The number of fused-ring (bicyclic) bond motifs is 1. The predicted octanol–water partition coefficient (Wildman–Crippen LogP) is 3.82. The molecule has 3 rings (SSSR count). The largest absolute Gasteiger partial charge is 0.481 e. The van der Waals surface area contributed by atoms with Crippen molar-refractivity contribution in [1.29, 1.82) is 0 Å². The number of ether oxygens (including phenoxy) is 1. The van der Waals surface area contributed by atoms with Crippen molar-refractivity contribution >= 4 is 11.8 Å². The van der Waals surface area contributed by atoms with Gasteiger partial charge in [-0.2, -0.15) is 0 Å². The predicted molar refractivity (Wildman–Crippen MR) is 114 cm³/mol. The van der Waals surface area contributed by atoms with E-state index in [-0.39, 0.29) is 17.9 Å². The second-order valence-electron chi connectivity index (χ2n) is 7.48. The topological polar surface area (TPSA) is 49.9 Å². The van der Waals surface area contributed by atoms with E-state index in [9.17, 15) is 9.59 Å². The molecule has 0 radical (unpaired) electrons. The summed E-state index contributed by atoms with van der Waals surface area (Å²) >= 11 is 0. The Kier molecular flexibility index (Phi) is 6.57. The lowest BCUT2D eigenvalue weighted by Gasteiger charge is -2.38. The highest BCUT2D eigenvalue weighted by molar-refractivity contribution is 5.80. The van der Waals surface area contributed by atoms with E-state index in [0.717, 1.165) is 17.5 Å². The van der Waals surface area contributed by atoms with Crippen LogP contribution in [-0.2, 0) is 16.0 Å². The maximum absolute atomic E-state index is 12.7. The van der Waals surface area contributed by atoms with E-state index < -0.39 is 6.10 Å². The van der Waals surface area contributed by atoms with Crippen LogP contribution in [0.25, 0.3) is 0 Å². The molecule has 29 heavy (non-hydrogen) atoms. The van der Waals surface area contributed by atoms with Gasteiger partial charge in [0, 0.05) is 26.6 Å². The smallest absolute Gasteiger partial charge is 0.263 e. The standard InChI is InChI=1S/C24H30N2O3/c1-5-22(27)26-15-14-18-12-13-20(29-17(3)24(28)25(4)6-2)16-21(18)23(26)19-10-8-7-9-11-19/h7-13,16-17,23H,5-6,14-15H2,1-4H3. The lowest BCUT2D eigenvalue weighted by atomic mass is 9.87. The minimum Gasteiger partial charge on any atom is -0.481 e. The summed E-state index contributed by atoms with van der Waals surface area (Å²) in [7, 11) is 1.77. The molecule has 0 bridgehead atoms. The maximum Gasteiger partial charge on any atom is 0.263 e. The van der Waals surface area contributed by atoms with Gasteiger partial charge in [0.25, 0.3) is 5.91 Å². The summed E-state index contributed by atoms with van der Waals surface area (Å²) in [4.78, 5) is 28.7. The third kappa shape index (κ3) is 4.44. The fraction of sp³-hybridized carbons (Fsp3) is 0.417. The molecule has 154 valence electrons. The van der Waals surface area contributed by atoms with Gasteiger partial charge >= 0.3 is 0 Å². The third-order valence-electron chi connectivity index (χ3n) is 5.59. The Bertz CT molecular complexity index is 866. The Hall–Kier alpha value is -2.82. The van der Waals surface area contributed by atoms with Crippen molar-refractivity contribution in [3.63, 3.8) is 0 Å². The van der Waals surface area contributed by atoms with Crippen molar-refractivity contribution in [2.75, 3.05) is 20.1 Å². The van der Waals surface area contributed by atoms with Gasteiger partial charge in [-0.1, -0.05) is 43.3 Å². The maximum atomic E-state index is 12.7. The van der Waals surface area contributed by atoms with Crippen LogP contribution in [0.3, 0.4) is 0 Å². The lowest BCUT2D eigenvalue weighted by molar-refractivity contribution is -0.136. The van der Waals surface area contributed by atoms with Gasteiger partial charge in [-0.15, -0.1) is 0 Å². The number of carbonyl (C=O) groups is 2. The summed E-state index contributed by atoms with van der Waals surface area (Å²) in [6.45, 7) is 6.95. The first-order valence-electron chi connectivity index (χ1n) is 10.3. The summed E-state index contributed by atoms with van der Waals surface area (Å²) in [6.07, 6.45) is 0.728. The minimum atomic E-state index is -0.565. The van der Waals surface area contributed by atoms with Gasteiger partial charge in [-0.05, 0) is 49.1 Å². The normalized spacial score (nSPS) is 16.7. The van der Waals surface area contributed by atoms with Gasteiger partial charge in [-0.3, -0.25) is 9.59 Å². The van der Waals surface area contributed by atoms with E-state index in [4.69, 9.17) is 4.74 Å². The second-order valence-corrected chi connectivity index (χ2v) is 7.48.